The Hall–Kier alpha value is -5.22. The van der Waals surface area contributed by atoms with Crippen LogP contribution in [0.15, 0.2) is 97.6 Å². The van der Waals surface area contributed by atoms with E-state index in [0.29, 0.717) is 24.1 Å². The summed E-state index contributed by atoms with van der Waals surface area (Å²) in [6.45, 7) is 4.67. The number of benzene rings is 2. The van der Waals surface area contributed by atoms with E-state index < -0.39 is 0 Å². The normalized spacial score (nSPS) is 13.4. The van der Waals surface area contributed by atoms with E-state index in [0.717, 1.165) is 52.6 Å². The Balaban J connectivity index is 1.16. The summed E-state index contributed by atoms with van der Waals surface area (Å²) in [7, 11) is 1.65. The average molecular weight is 587 g/mol. The number of likely N-dealkylation sites (tertiary alicyclic amines) is 1. The highest BCUT2D eigenvalue weighted by atomic mass is 16.5. The van der Waals surface area contributed by atoms with Gasteiger partial charge < -0.3 is 19.7 Å². The van der Waals surface area contributed by atoms with Gasteiger partial charge in [0, 0.05) is 30.7 Å². The highest BCUT2D eigenvalue weighted by molar-refractivity contribution is 5.81. The molecule has 4 aromatic heterocycles. The maximum atomic E-state index is 6.11. The Morgan fingerprint density at radius 2 is 1.75 bits per heavy atom. The Kier molecular flexibility index (Phi) is 7.88. The number of methoxy groups -OCH3 is 1. The number of ether oxygens (including phenoxy) is 2. The molecule has 1 N–H and O–H groups in total. The zero-order valence-corrected chi connectivity index (χ0v) is 24.6. The molecule has 0 saturated carbocycles. The van der Waals surface area contributed by atoms with E-state index in [1.54, 1.807) is 13.3 Å². The SMILES string of the molecule is COc1cc(-c2nc3ccccn3c2-c2ccnc(Nc3cnn(CCN4CCCC4)c3)n2)ccc1OCc1ccccc1. The molecule has 0 radical (unpaired) electrons. The fraction of sp³-hybridized carbons (Fsp3) is 0.235. The predicted molar refractivity (Wildman–Crippen MR) is 170 cm³/mol. The Morgan fingerprint density at radius 3 is 2.61 bits per heavy atom. The number of anilines is 2. The molecule has 10 nitrogen and oxygen atoms in total. The van der Waals surface area contributed by atoms with Crippen molar-refractivity contribution in [3.8, 4) is 34.1 Å². The number of fused-ring (bicyclic) bond motifs is 1. The van der Waals surface area contributed by atoms with Gasteiger partial charge in [-0.3, -0.25) is 9.08 Å². The lowest BCUT2D eigenvalue weighted by atomic mass is 10.1. The van der Waals surface area contributed by atoms with Crippen molar-refractivity contribution in [2.24, 2.45) is 0 Å². The summed E-state index contributed by atoms with van der Waals surface area (Å²) in [5.41, 5.74) is 6.01. The van der Waals surface area contributed by atoms with Crippen molar-refractivity contribution in [1.29, 1.82) is 0 Å². The number of hydrogen-bond acceptors (Lipinski definition) is 8. The minimum atomic E-state index is 0.449. The van der Waals surface area contributed by atoms with Crippen molar-refractivity contribution in [2.75, 3.05) is 32.1 Å². The van der Waals surface area contributed by atoms with Gasteiger partial charge in [0.15, 0.2) is 11.5 Å². The molecule has 5 heterocycles. The molecule has 7 rings (SSSR count). The first kappa shape index (κ1) is 27.6. The largest absolute Gasteiger partial charge is 0.493 e. The third-order valence-electron chi connectivity index (χ3n) is 7.84. The summed E-state index contributed by atoms with van der Waals surface area (Å²) < 4.78 is 15.9. The van der Waals surface area contributed by atoms with Gasteiger partial charge in [-0.25, -0.2) is 15.0 Å². The van der Waals surface area contributed by atoms with Crippen LogP contribution in [0.1, 0.15) is 18.4 Å². The van der Waals surface area contributed by atoms with Crippen LogP contribution in [-0.2, 0) is 13.2 Å². The molecule has 1 aliphatic rings. The van der Waals surface area contributed by atoms with Gasteiger partial charge in [0.25, 0.3) is 0 Å². The van der Waals surface area contributed by atoms with E-state index in [2.05, 4.69) is 20.3 Å². The van der Waals surface area contributed by atoms with Crippen molar-refractivity contribution in [2.45, 2.75) is 26.0 Å². The molecule has 6 aromatic rings. The predicted octanol–water partition coefficient (Wildman–Crippen LogP) is 6.08. The zero-order valence-electron chi connectivity index (χ0n) is 24.6. The molecule has 0 aliphatic carbocycles. The Labute approximate surface area is 255 Å². The van der Waals surface area contributed by atoms with Gasteiger partial charge in [-0.15, -0.1) is 0 Å². The van der Waals surface area contributed by atoms with E-state index in [1.807, 2.05) is 100 Å². The van der Waals surface area contributed by atoms with Crippen LogP contribution in [0.2, 0.25) is 0 Å². The van der Waals surface area contributed by atoms with Gasteiger partial charge in [-0.2, -0.15) is 5.10 Å². The Morgan fingerprint density at radius 1 is 0.886 bits per heavy atom. The molecule has 0 unspecified atom stereocenters. The van der Waals surface area contributed by atoms with Crippen LogP contribution in [0, 0.1) is 0 Å². The fourth-order valence-electron chi connectivity index (χ4n) is 5.59. The molecule has 0 amide bonds. The standard InChI is InChI=1S/C34H34N8O2/c1-43-30-21-26(12-13-29(30)44-24-25-9-3-2-4-10-25)32-33(42-18-6-5-11-31(42)39-32)28-14-15-35-34(38-28)37-27-22-36-41(23-27)20-19-40-16-7-8-17-40/h2-6,9-15,18,21-23H,7-8,16-17,19-20,24H2,1H3,(H,35,37,38). The van der Waals surface area contributed by atoms with Gasteiger partial charge in [0.2, 0.25) is 5.95 Å². The maximum absolute atomic E-state index is 6.11. The van der Waals surface area contributed by atoms with Crippen LogP contribution in [0.4, 0.5) is 11.6 Å². The third-order valence-corrected chi connectivity index (χ3v) is 7.84. The summed E-state index contributed by atoms with van der Waals surface area (Å²) in [6.07, 6.45) is 10.1. The smallest absolute Gasteiger partial charge is 0.227 e. The van der Waals surface area contributed by atoms with Crippen LogP contribution >= 0.6 is 0 Å². The quantitative estimate of drug-likeness (QED) is 0.195. The van der Waals surface area contributed by atoms with Crippen molar-refractivity contribution in [3.05, 3.63) is 103 Å². The second-order valence-corrected chi connectivity index (χ2v) is 10.8. The van der Waals surface area contributed by atoms with Gasteiger partial charge in [-0.1, -0.05) is 36.4 Å². The van der Waals surface area contributed by atoms with Crippen LogP contribution in [0.3, 0.4) is 0 Å². The topological polar surface area (TPSA) is 94.6 Å². The van der Waals surface area contributed by atoms with Gasteiger partial charge in [0.05, 0.1) is 42.6 Å². The number of rotatable bonds is 11. The first-order valence-corrected chi connectivity index (χ1v) is 14.9. The molecule has 10 heteroatoms. The number of imidazole rings is 1. The van der Waals surface area contributed by atoms with E-state index >= 15 is 0 Å². The van der Waals surface area contributed by atoms with Crippen LogP contribution in [0.25, 0.3) is 28.3 Å². The molecule has 1 saturated heterocycles. The van der Waals surface area contributed by atoms with E-state index in [4.69, 9.17) is 19.4 Å². The van der Waals surface area contributed by atoms with Gasteiger partial charge in [0.1, 0.15) is 12.3 Å². The molecule has 2 aromatic carbocycles. The monoisotopic (exact) mass is 586 g/mol. The number of hydrogen-bond donors (Lipinski definition) is 1. The molecule has 222 valence electrons. The molecule has 1 aliphatic heterocycles. The van der Waals surface area contributed by atoms with Crippen LogP contribution in [-0.4, -0.2) is 60.8 Å². The summed E-state index contributed by atoms with van der Waals surface area (Å²) in [6, 6.07) is 23.8. The summed E-state index contributed by atoms with van der Waals surface area (Å²) in [4.78, 5) is 16.9. The lowest BCUT2D eigenvalue weighted by Gasteiger charge is -2.13. The number of nitrogens with zero attached hydrogens (tertiary/aromatic N) is 7. The van der Waals surface area contributed by atoms with E-state index in [-0.39, 0.29) is 0 Å². The van der Waals surface area contributed by atoms with Crippen molar-refractivity contribution < 1.29 is 9.47 Å². The highest BCUT2D eigenvalue weighted by Crippen LogP contribution is 2.37. The first-order chi connectivity index (χ1) is 21.7. The van der Waals surface area contributed by atoms with Crippen LogP contribution in [0.5, 0.6) is 11.5 Å². The molecule has 0 bridgehead atoms. The number of nitrogens with one attached hydrogen (secondary N) is 1. The lowest BCUT2D eigenvalue weighted by molar-refractivity contribution is 0.284. The zero-order chi connectivity index (χ0) is 29.7. The van der Waals surface area contributed by atoms with Gasteiger partial charge in [-0.05, 0) is 67.9 Å². The number of pyridine rings is 1. The molecule has 44 heavy (non-hydrogen) atoms. The minimum absolute atomic E-state index is 0.449. The van der Waals surface area contributed by atoms with Crippen molar-refractivity contribution in [3.63, 3.8) is 0 Å². The minimum Gasteiger partial charge on any atom is -0.493 e. The molecular formula is C34H34N8O2. The lowest BCUT2D eigenvalue weighted by Crippen LogP contribution is -2.24. The summed E-state index contributed by atoms with van der Waals surface area (Å²) >= 11 is 0. The van der Waals surface area contributed by atoms with Crippen molar-refractivity contribution >= 4 is 17.3 Å². The maximum Gasteiger partial charge on any atom is 0.227 e. The van der Waals surface area contributed by atoms with Crippen molar-refractivity contribution in [1.82, 2.24) is 34.0 Å². The molecular weight excluding hydrogens is 552 g/mol. The van der Waals surface area contributed by atoms with E-state index in [1.165, 1.54) is 25.9 Å². The summed E-state index contributed by atoms with van der Waals surface area (Å²) in [5, 5.41) is 7.86. The molecule has 0 spiro atoms. The second kappa shape index (κ2) is 12.6. The molecule has 0 atom stereocenters. The fourth-order valence-corrected chi connectivity index (χ4v) is 5.59. The highest BCUT2D eigenvalue weighted by Gasteiger charge is 2.20. The van der Waals surface area contributed by atoms with E-state index in [9.17, 15) is 0 Å². The first-order valence-electron chi connectivity index (χ1n) is 14.9. The molecule has 1 fully saturated rings. The van der Waals surface area contributed by atoms with Crippen LogP contribution < -0.4 is 14.8 Å². The Bertz CT molecular complexity index is 1860. The summed E-state index contributed by atoms with van der Waals surface area (Å²) in [5.74, 6) is 1.79. The average Bonchev–Trinajstić information content (AvgIpc) is 3.84. The second-order valence-electron chi connectivity index (χ2n) is 10.8. The van der Waals surface area contributed by atoms with Gasteiger partial charge >= 0.3 is 0 Å². The third kappa shape index (κ3) is 5.97. The number of aromatic nitrogens is 6.